The van der Waals surface area contributed by atoms with Crippen LogP contribution in [0.1, 0.15) is 61.0 Å². The Morgan fingerprint density at radius 2 is 1.52 bits per heavy atom. The molecule has 0 amide bonds. The van der Waals surface area contributed by atoms with Crippen LogP contribution in [0.5, 0.6) is 5.75 Å². The minimum absolute atomic E-state index is 0.281. The summed E-state index contributed by atoms with van der Waals surface area (Å²) in [5.74, 6) is 0.400. The Morgan fingerprint density at radius 3 is 2.22 bits per heavy atom. The first-order valence-electron chi connectivity index (χ1n) is 8.63. The maximum absolute atomic E-state index is 12.3. The van der Waals surface area contributed by atoms with Gasteiger partial charge in [-0.25, -0.2) is 4.79 Å². The van der Waals surface area contributed by atoms with Gasteiger partial charge < -0.3 is 4.74 Å². The van der Waals surface area contributed by atoms with Crippen LogP contribution in [0.4, 0.5) is 0 Å². The molecule has 0 aliphatic heterocycles. The monoisotopic (exact) mass is 310 g/mol. The molecule has 0 fully saturated rings. The Labute approximate surface area is 139 Å². The lowest BCUT2D eigenvalue weighted by atomic mass is 10.1. The van der Waals surface area contributed by atoms with E-state index in [1.54, 1.807) is 0 Å². The predicted molar refractivity (Wildman–Crippen MR) is 95.1 cm³/mol. The molecule has 0 bridgehead atoms. The number of hydrogen-bond donors (Lipinski definition) is 0. The number of rotatable bonds is 8. The summed E-state index contributed by atoms with van der Waals surface area (Å²) in [5.41, 5.74) is 2.98. The molecule has 2 rings (SSSR count). The second kappa shape index (κ2) is 9.14. The fourth-order valence-electron chi connectivity index (χ4n) is 2.52. The Bertz CT molecular complexity index is 614. The molecule has 0 saturated heterocycles. The Kier molecular flexibility index (Phi) is 6.86. The normalized spacial score (nSPS) is 10.5. The van der Waals surface area contributed by atoms with E-state index in [4.69, 9.17) is 4.74 Å². The molecule has 0 aliphatic rings. The topological polar surface area (TPSA) is 26.3 Å². The van der Waals surface area contributed by atoms with Crippen molar-refractivity contribution >= 4 is 5.97 Å². The maximum atomic E-state index is 12.3. The van der Waals surface area contributed by atoms with Crippen molar-refractivity contribution in [3.05, 3.63) is 65.2 Å². The molecule has 0 N–H and O–H groups in total. The van der Waals surface area contributed by atoms with Crippen molar-refractivity contribution in [1.82, 2.24) is 0 Å². The minimum atomic E-state index is -0.281. The van der Waals surface area contributed by atoms with Gasteiger partial charge in [0.15, 0.2) is 0 Å². The highest BCUT2D eigenvalue weighted by atomic mass is 16.5. The van der Waals surface area contributed by atoms with Crippen molar-refractivity contribution in [2.75, 3.05) is 0 Å². The molecule has 0 radical (unpaired) electrons. The number of hydrogen-bond acceptors (Lipinski definition) is 2. The number of aryl methyl sites for hydroxylation is 2. The summed E-state index contributed by atoms with van der Waals surface area (Å²) < 4.78 is 5.61. The average Bonchev–Trinajstić information content (AvgIpc) is 2.59. The molecule has 2 nitrogen and oxygen atoms in total. The fourth-order valence-corrected chi connectivity index (χ4v) is 2.52. The number of esters is 1. The van der Waals surface area contributed by atoms with Crippen molar-refractivity contribution in [2.45, 2.75) is 52.4 Å². The molecule has 2 aromatic rings. The van der Waals surface area contributed by atoms with Crippen LogP contribution in [0, 0.1) is 0 Å². The van der Waals surface area contributed by atoms with Gasteiger partial charge in [-0.15, -0.1) is 0 Å². The number of carbonyl (C=O) groups is 1. The van der Waals surface area contributed by atoms with E-state index in [0.29, 0.717) is 11.3 Å². The van der Waals surface area contributed by atoms with E-state index in [1.807, 2.05) is 48.5 Å². The minimum Gasteiger partial charge on any atom is -0.423 e. The lowest BCUT2D eigenvalue weighted by Crippen LogP contribution is -2.10. The largest absolute Gasteiger partial charge is 0.423 e. The van der Waals surface area contributed by atoms with Crippen LogP contribution in [0.3, 0.4) is 0 Å². The molecule has 0 heterocycles. The lowest BCUT2D eigenvalue weighted by Gasteiger charge is -2.10. The van der Waals surface area contributed by atoms with Gasteiger partial charge in [0.05, 0.1) is 5.56 Å². The van der Waals surface area contributed by atoms with Crippen molar-refractivity contribution in [3.8, 4) is 5.75 Å². The van der Waals surface area contributed by atoms with E-state index in [1.165, 1.54) is 18.4 Å². The van der Waals surface area contributed by atoms with Gasteiger partial charge in [-0.05, 0) is 55.0 Å². The number of unbranched alkanes of at least 4 members (excludes halogenated alkanes) is 2. The first-order valence-corrected chi connectivity index (χ1v) is 8.63. The highest BCUT2D eigenvalue weighted by molar-refractivity contribution is 5.91. The van der Waals surface area contributed by atoms with Crippen LogP contribution in [0.2, 0.25) is 0 Å². The molecule has 0 aromatic heterocycles. The average molecular weight is 310 g/mol. The van der Waals surface area contributed by atoms with Crippen molar-refractivity contribution in [2.24, 2.45) is 0 Å². The number of para-hydroxylation sites is 1. The highest BCUT2D eigenvalue weighted by Gasteiger charge is 2.11. The zero-order valence-corrected chi connectivity index (χ0v) is 14.2. The molecule has 0 unspecified atom stereocenters. The van der Waals surface area contributed by atoms with Gasteiger partial charge in [-0.3, -0.25) is 0 Å². The van der Waals surface area contributed by atoms with E-state index in [9.17, 15) is 4.79 Å². The Hall–Kier alpha value is -2.09. The molecule has 122 valence electrons. The summed E-state index contributed by atoms with van der Waals surface area (Å²) in [6.07, 6.45) is 6.58. The smallest absolute Gasteiger partial charge is 0.343 e. The third kappa shape index (κ3) is 5.24. The molecule has 0 saturated carbocycles. The van der Waals surface area contributed by atoms with E-state index >= 15 is 0 Å². The quantitative estimate of drug-likeness (QED) is 0.469. The standard InChI is InChI=1S/C21H26O2/c1-3-5-9-17-13-15-19(16-14-17)21(22)23-20-12-8-7-11-18(20)10-6-4-2/h7-8,11-16H,3-6,9-10H2,1-2H3. The first-order chi connectivity index (χ1) is 11.2. The molecular formula is C21H26O2. The fraction of sp³-hybridized carbons (Fsp3) is 0.381. The van der Waals surface area contributed by atoms with Gasteiger partial charge in [0.1, 0.15) is 5.75 Å². The van der Waals surface area contributed by atoms with Crippen LogP contribution in [0.15, 0.2) is 48.5 Å². The zero-order chi connectivity index (χ0) is 16.5. The van der Waals surface area contributed by atoms with Crippen molar-refractivity contribution in [1.29, 1.82) is 0 Å². The van der Waals surface area contributed by atoms with Crippen molar-refractivity contribution < 1.29 is 9.53 Å². The molecule has 23 heavy (non-hydrogen) atoms. The SMILES string of the molecule is CCCCc1ccc(C(=O)Oc2ccccc2CCCC)cc1. The first kappa shape index (κ1) is 17.3. The third-order valence-corrected chi connectivity index (χ3v) is 3.98. The second-order valence-electron chi connectivity index (χ2n) is 5.90. The Morgan fingerprint density at radius 1 is 0.870 bits per heavy atom. The summed E-state index contributed by atoms with van der Waals surface area (Å²) in [6, 6.07) is 15.6. The number of ether oxygens (including phenoxy) is 1. The number of carbonyl (C=O) groups excluding carboxylic acids is 1. The van der Waals surface area contributed by atoms with E-state index in [2.05, 4.69) is 13.8 Å². The van der Waals surface area contributed by atoms with Gasteiger partial charge in [0.2, 0.25) is 0 Å². The summed E-state index contributed by atoms with van der Waals surface area (Å²) >= 11 is 0. The lowest BCUT2D eigenvalue weighted by molar-refractivity contribution is 0.0733. The zero-order valence-electron chi connectivity index (χ0n) is 14.2. The maximum Gasteiger partial charge on any atom is 0.343 e. The summed E-state index contributed by atoms with van der Waals surface area (Å²) in [6.45, 7) is 4.34. The van der Waals surface area contributed by atoms with Gasteiger partial charge in [0, 0.05) is 0 Å². The van der Waals surface area contributed by atoms with Gasteiger partial charge >= 0.3 is 5.97 Å². The summed E-state index contributed by atoms with van der Waals surface area (Å²) in [7, 11) is 0. The molecule has 0 atom stereocenters. The van der Waals surface area contributed by atoms with E-state index in [0.717, 1.165) is 31.2 Å². The molecular weight excluding hydrogens is 284 g/mol. The van der Waals surface area contributed by atoms with E-state index < -0.39 is 0 Å². The molecule has 0 spiro atoms. The van der Waals surface area contributed by atoms with Crippen LogP contribution >= 0.6 is 0 Å². The van der Waals surface area contributed by atoms with Gasteiger partial charge in [0.25, 0.3) is 0 Å². The number of benzene rings is 2. The summed E-state index contributed by atoms with van der Waals surface area (Å²) in [4.78, 5) is 12.3. The van der Waals surface area contributed by atoms with E-state index in [-0.39, 0.29) is 5.97 Å². The van der Waals surface area contributed by atoms with Crippen LogP contribution in [0.25, 0.3) is 0 Å². The molecule has 2 heteroatoms. The third-order valence-electron chi connectivity index (χ3n) is 3.98. The van der Waals surface area contributed by atoms with Gasteiger partial charge in [-0.2, -0.15) is 0 Å². The van der Waals surface area contributed by atoms with Crippen LogP contribution < -0.4 is 4.74 Å². The van der Waals surface area contributed by atoms with Crippen molar-refractivity contribution in [3.63, 3.8) is 0 Å². The van der Waals surface area contributed by atoms with Crippen LogP contribution in [-0.2, 0) is 12.8 Å². The van der Waals surface area contributed by atoms with Gasteiger partial charge in [-0.1, -0.05) is 57.0 Å². The summed E-state index contributed by atoms with van der Waals surface area (Å²) in [5, 5.41) is 0. The second-order valence-corrected chi connectivity index (χ2v) is 5.90. The Balaban J connectivity index is 2.04. The molecule has 2 aromatic carbocycles. The predicted octanol–water partition coefficient (Wildman–Crippen LogP) is 5.59. The molecule has 0 aliphatic carbocycles. The highest BCUT2D eigenvalue weighted by Crippen LogP contribution is 2.21. The van der Waals surface area contributed by atoms with Crippen LogP contribution in [-0.4, -0.2) is 5.97 Å².